The SMILES string of the molecule is COc1ccccc1C(CNS(=O)(=O)c1ccc(N2CCCC2=O)cc1C)N1CCCCC1. The molecule has 178 valence electrons. The van der Waals surface area contributed by atoms with Gasteiger partial charge >= 0.3 is 0 Å². The maximum absolute atomic E-state index is 13.3. The van der Waals surface area contributed by atoms with Gasteiger partial charge in [0.15, 0.2) is 0 Å². The highest BCUT2D eigenvalue weighted by Gasteiger charge is 2.28. The molecule has 4 rings (SSSR count). The van der Waals surface area contributed by atoms with Crippen LogP contribution in [0.2, 0.25) is 0 Å². The largest absolute Gasteiger partial charge is 0.496 e. The maximum atomic E-state index is 13.3. The minimum absolute atomic E-state index is 0.0873. The summed E-state index contributed by atoms with van der Waals surface area (Å²) in [6.45, 7) is 4.58. The number of hydrogen-bond donors (Lipinski definition) is 1. The number of rotatable bonds is 8. The van der Waals surface area contributed by atoms with Crippen molar-refractivity contribution in [3.63, 3.8) is 0 Å². The Morgan fingerprint density at radius 2 is 1.79 bits per heavy atom. The lowest BCUT2D eigenvalue weighted by Gasteiger charge is -2.35. The van der Waals surface area contributed by atoms with E-state index in [1.807, 2.05) is 24.3 Å². The Morgan fingerprint density at radius 1 is 1.03 bits per heavy atom. The molecule has 2 aromatic rings. The Balaban J connectivity index is 1.56. The van der Waals surface area contributed by atoms with E-state index in [4.69, 9.17) is 4.74 Å². The first-order chi connectivity index (χ1) is 15.9. The van der Waals surface area contributed by atoms with Crippen LogP contribution in [0.1, 0.15) is 49.3 Å². The maximum Gasteiger partial charge on any atom is 0.240 e. The number of aryl methyl sites for hydroxylation is 1. The first-order valence-electron chi connectivity index (χ1n) is 11.7. The van der Waals surface area contributed by atoms with Crippen LogP contribution in [0.3, 0.4) is 0 Å². The fraction of sp³-hybridized carbons (Fsp3) is 0.480. The zero-order chi connectivity index (χ0) is 23.4. The minimum atomic E-state index is -3.73. The number of benzene rings is 2. The predicted molar refractivity (Wildman–Crippen MR) is 129 cm³/mol. The van der Waals surface area contributed by atoms with E-state index in [1.54, 1.807) is 37.1 Å². The standard InChI is InChI=1S/C25H33N3O4S/c1-19-17-20(28-16-8-11-25(28)29)12-13-24(19)33(30,31)26-18-22(27-14-6-3-7-15-27)21-9-4-5-10-23(21)32-2/h4-5,9-10,12-13,17,22,26H,3,6-8,11,14-16,18H2,1-2H3. The molecule has 2 aromatic carbocycles. The second-order valence-electron chi connectivity index (χ2n) is 8.81. The van der Waals surface area contributed by atoms with Crippen molar-refractivity contribution >= 4 is 21.6 Å². The molecule has 1 amide bonds. The van der Waals surface area contributed by atoms with Crippen molar-refractivity contribution < 1.29 is 17.9 Å². The van der Waals surface area contributed by atoms with Crippen molar-refractivity contribution in [1.82, 2.24) is 9.62 Å². The minimum Gasteiger partial charge on any atom is -0.496 e. The van der Waals surface area contributed by atoms with Gasteiger partial charge in [0.25, 0.3) is 0 Å². The highest BCUT2D eigenvalue weighted by atomic mass is 32.2. The molecule has 1 N–H and O–H groups in total. The molecule has 0 radical (unpaired) electrons. The van der Waals surface area contributed by atoms with E-state index in [0.29, 0.717) is 18.5 Å². The van der Waals surface area contributed by atoms with Crippen LogP contribution in [-0.2, 0) is 14.8 Å². The van der Waals surface area contributed by atoms with Gasteiger partial charge in [0.2, 0.25) is 15.9 Å². The van der Waals surface area contributed by atoms with Crippen molar-refractivity contribution in [2.75, 3.05) is 38.2 Å². The van der Waals surface area contributed by atoms with E-state index >= 15 is 0 Å². The highest BCUT2D eigenvalue weighted by molar-refractivity contribution is 7.89. The molecular formula is C25H33N3O4S. The van der Waals surface area contributed by atoms with Gasteiger partial charge in [0.05, 0.1) is 18.0 Å². The molecular weight excluding hydrogens is 438 g/mol. The highest BCUT2D eigenvalue weighted by Crippen LogP contribution is 2.32. The van der Waals surface area contributed by atoms with Gasteiger partial charge in [0, 0.05) is 30.8 Å². The van der Waals surface area contributed by atoms with Crippen LogP contribution < -0.4 is 14.4 Å². The molecule has 7 nitrogen and oxygen atoms in total. The van der Waals surface area contributed by atoms with E-state index in [1.165, 1.54) is 6.42 Å². The van der Waals surface area contributed by atoms with E-state index in [0.717, 1.165) is 49.4 Å². The molecule has 8 heteroatoms. The number of amides is 1. The number of nitrogens with one attached hydrogen (secondary N) is 1. The average molecular weight is 472 g/mol. The third-order valence-corrected chi connectivity index (χ3v) is 8.21. The number of nitrogens with zero attached hydrogens (tertiary/aromatic N) is 2. The molecule has 0 saturated carbocycles. The number of anilines is 1. The molecule has 0 aromatic heterocycles. The van der Waals surface area contributed by atoms with Gasteiger partial charge in [-0.05, 0) is 69.1 Å². The van der Waals surface area contributed by atoms with Gasteiger partial charge < -0.3 is 9.64 Å². The predicted octanol–water partition coefficient (Wildman–Crippen LogP) is 3.64. The number of carbonyl (C=O) groups is 1. The fourth-order valence-electron chi connectivity index (χ4n) is 4.90. The lowest BCUT2D eigenvalue weighted by atomic mass is 10.0. The van der Waals surface area contributed by atoms with Crippen molar-refractivity contribution in [3.8, 4) is 5.75 Å². The third-order valence-electron chi connectivity index (χ3n) is 6.63. The van der Waals surface area contributed by atoms with Crippen molar-refractivity contribution in [3.05, 3.63) is 53.6 Å². The summed E-state index contributed by atoms with van der Waals surface area (Å²) in [5.74, 6) is 0.854. The van der Waals surface area contributed by atoms with Crippen molar-refractivity contribution in [2.45, 2.75) is 50.0 Å². The lowest BCUT2D eigenvalue weighted by molar-refractivity contribution is -0.117. The zero-order valence-electron chi connectivity index (χ0n) is 19.4. The van der Waals surface area contributed by atoms with Gasteiger partial charge in [-0.3, -0.25) is 9.69 Å². The zero-order valence-corrected chi connectivity index (χ0v) is 20.2. The molecule has 33 heavy (non-hydrogen) atoms. The number of carbonyl (C=O) groups excluding carboxylic acids is 1. The van der Waals surface area contributed by atoms with Gasteiger partial charge in [0.1, 0.15) is 5.75 Å². The number of sulfonamides is 1. The smallest absolute Gasteiger partial charge is 0.240 e. The van der Waals surface area contributed by atoms with Crippen LogP contribution in [0, 0.1) is 6.92 Å². The van der Waals surface area contributed by atoms with Crippen LogP contribution in [-0.4, -0.2) is 52.5 Å². The fourth-order valence-corrected chi connectivity index (χ4v) is 6.16. The third kappa shape index (κ3) is 5.23. The normalized spacial score (nSPS) is 18.5. The van der Waals surface area contributed by atoms with E-state index in [2.05, 4.69) is 9.62 Å². The van der Waals surface area contributed by atoms with Crippen LogP contribution in [0.15, 0.2) is 47.4 Å². The van der Waals surface area contributed by atoms with E-state index in [9.17, 15) is 13.2 Å². The van der Waals surface area contributed by atoms with Crippen molar-refractivity contribution in [2.24, 2.45) is 0 Å². The molecule has 2 fully saturated rings. The lowest BCUT2D eigenvalue weighted by Crippen LogP contribution is -2.40. The quantitative estimate of drug-likeness (QED) is 0.636. The summed E-state index contributed by atoms with van der Waals surface area (Å²) < 4.78 is 35.0. The second-order valence-corrected chi connectivity index (χ2v) is 10.5. The Bertz CT molecular complexity index is 1100. The molecule has 0 bridgehead atoms. The van der Waals surface area contributed by atoms with Gasteiger partial charge in [-0.25, -0.2) is 13.1 Å². The molecule has 2 aliphatic heterocycles. The van der Waals surface area contributed by atoms with Crippen LogP contribution >= 0.6 is 0 Å². The molecule has 0 spiro atoms. The van der Waals surface area contributed by atoms with Crippen LogP contribution in [0.4, 0.5) is 5.69 Å². The number of likely N-dealkylation sites (tertiary alicyclic amines) is 1. The summed E-state index contributed by atoms with van der Waals surface area (Å²) in [5.41, 5.74) is 2.38. The first kappa shape index (κ1) is 23.7. The van der Waals surface area contributed by atoms with Crippen LogP contribution in [0.5, 0.6) is 5.75 Å². The number of methoxy groups -OCH3 is 1. The monoisotopic (exact) mass is 471 g/mol. The van der Waals surface area contributed by atoms with Gasteiger partial charge in [-0.1, -0.05) is 24.6 Å². The molecule has 1 unspecified atom stereocenters. The number of hydrogen-bond acceptors (Lipinski definition) is 5. The number of ether oxygens (including phenoxy) is 1. The summed E-state index contributed by atoms with van der Waals surface area (Å²) in [6, 6.07) is 12.8. The van der Waals surface area contributed by atoms with Crippen molar-refractivity contribution in [1.29, 1.82) is 0 Å². The molecule has 2 saturated heterocycles. The van der Waals surface area contributed by atoms with Gasteiger partial charge in [-0.15, -0.1) is 0 Å². The number of piperidine rings is 1. The first-order valence-corrected chi connectivity index (χ1v) is 13.2. The Kier molecular flexibility index (Phi) is 7.36. The van der Waals surface area contributed by atoms with E-state index in [-0.39, 0.29) is 23.4 Å². The summed E-state index contributed by atoms with van der Waals surface area (Å²) in [5, 5.41) is 0. The summed E-state index contributed by atoms with van der Waals surface area (Å²) in [6.07, 6.45) is 4.79. The molecule has 2 aliphatic rings. The molecule has 1 atom stereocenters. The molecule has 0 aliphatic carbocycles. The second kappa shape index (κ2) is 10.2. The topological polar surface area (TPSA) is 79.0 Å². The summed E-state index contributed by atoms with van der Waals surface area (Å²) in [7, 11) is -2.08. The Morgan fingerprint density at radius 3 is 2.45 bits per heavy atom. The number of para-hydroxylation sites is 1. The summed E-state index contributed by atoms with van der Waals surface area (Å²) in [4.78, 5) is 16.4. The average Bonchev–Trinajstić information content (AvgIpc) is 3.25. The van der Waals surface area contributed by atoms with E-state index < -0.39 is 10.0 Å². The summed E-state index contributed by atoms with van der Waals surface area (Å²) >= 11 is 0. The van der Waals surface area contributed by atoms with Crippen LogP contribution in [0.25, 0.3) is 0 Å². The Hall–Kier alpha value is -2.42. The molecule has 2 heterocycles. The van der Waals surface area contributed by atoms with Gasteiger partial charge in [-0.2, -0.15) is 0 Å². The Labute approximate surface area is 196 Å².